The summed E-state index contributed by atoms with van der Waals surface area (Å²) in [5, 5.41) is 0. The van der Waals surface area contributed by atoms with Gasteiger partial charge < -0.3 is 4.74 Å². The Hall–Kier alpha value is -2.62. The van der Waals surface area contributed by atoms with E-state index in [2.05, 4.69) is 4.98 Å². The van der Waals surface area contributed by atoms with Gasteiger partial charge in [-0.25, -0.2) is 9.37 Å². The fraction of sp³-hybridized carbons (Fsp3) is 0.286. The quantitative estimate of drug-likeness (QED) is 0.639. The van der Waals surface area contributed by atoms with Gasteiger partial charge in [0, 0.05) is 18.0 Å². The molecule has 0 saturated carbocycles. The molecule has 0 fully saturated rings. The second-order valence-corrected chi connectivity index (χ2v) is 6.75. The van der Waals surface area contributed by atoms with Gasteiger partial charge in [-0.1, -0.05) is 24.3 Å². The lowest BCUT2D eigenvalue weighted by molar-refractivity contribution is 0.222. The summed E-state index contributed by atoms with van der Waals surface area (Å²) in [7, 11) is 1.66. The highest BCUT2D eigenvalue weighted by atomic mass is 19.1. The van der Waals surface area contributed by atoms with Gasteiger partial charge in [0.05, 0.1) is 12.8 Å². The molecule has 0 aliphatic rings. The number of aryl methyl sites for hydroxylation is 2. The summed E-state index contributed by atoms with van der Waals surface area (Å²) >= 11 is 0. The first-order valence-electron chi connectivity index (χ1n) is 8.30. The fourth-order valence-corrected chi connectivity index (χ4v) is 3.29. The summed E-state index contributed by atoms with van der Waals surface area (Å²) in [6, 6.07) is 11.5. The van der Waals surface area contributed by atoms with E-state index in [1.54, 1.807) is 27.2 Å². The Kier molecular flexibility index (Phi) is 4.38. The predicted octanol–water partition coefficient (Wildman–Crippen LogP) is 5.37. The number of nitrogens with zero attached hydrogens (tertiary/aromatic N) is 2. The van der Waals surface area contributed by atoms with Crippen molar-refractivity contribution in [3.63, 3.8) is 0 Å². The van der Waals surface area contributed by atoms with Crippen LogP contribution in [-0.2, 0) is 5.67 Å². The molecule has 1 heterocycles. The van der Waals surface area contributed by atoms with Crippen molar-refractivity contribution < 1.29 is 9.13 Å². The maximum atomic E-state index is 14.7. The van der Waals surface area contributed by atoms with E-state index >= 15 is 0 Å². The van der Waals surface area contributed by atoms with E-state index in [9.17, 15) is 4.39 Å². The number of imidazole rings is 1. The molecule has 0 unspecified atom stereocenters. The molecule has 3 rings (SSSR count). The lowest BCUT2D eigenvalue weighted by Gasteiger charge is -2.21. The summed E-state index contributed by atoms with van der Waals surface area (Å²) in [5.41, 5.74) is 3.18. The van der Waals surface area contributed by atoms with Crippen molar-refractivity contribution in [2.45, 2.75) is 33.4 Å². The van der Waals surface area contributed by atoms with Crippen molar-refractivity contribution >= 4 is 0 Å². The summed E-state index contributed by atoms with van der Waals surface area (Å²) in [6.45, 7) is 7.23. The molecule has 1 aromatic heterocycles. The molecule has 0 bridgehead atoms. The highest BCUT2D eigenvalue weighted by molar-refractivity contribution is 5.66. The minimum atomic E-state index is -1.45. The van der Waals surface area contributed by atoms with Crippen LogP contribution in [0.25, 0.3) is 17.1 Å². The Morgan fingerprint density at radius 2 is 1.72 bits per heavy atom. The number of benzene rings is 2. The maximum Gasteiger partial charge on any atom is 0.144 e. The number of rotatable bonds is 4. The summed E-state index contributed by atoms with van der Waals surface area (Å²) in [6.07, 6.45) is 3.67. The Labute approximate surface area is 148 Å². The molecule has 130 valence electrons. The fourth-order valence-electron chi connectivity index (χ4n) is 3.29. The van der Waals surface area contributed by atoms with Crippen molar-refractivity contribution in [1.82, 2.24) is 9.55 Å². The molecule has 4 heteroatoms. The van der Waals surface area contributed by atoms with E-state index in [-0.39, 0.29) is 0 Å². The van der Waals surface area contributed by atoms with Gasteiger partial charge in [0.1, 0.15) is 17.2 Å². The lowest BCUT2D eigenvalue weighted by Crippen LogP contribution is -2.12. The molecule has 0 radical (unpaired) electrons. The molecular weight excluding hydrogens is 315 g/mol. The number of halogens is 1. The van der Waals surface area contributed by atoms with Gasteiger partial charge in [0.15, 0.2) is 0 Å². The Bertz CT molecular complexity index is 883. The van der Waals surface area contributed by atoms with Gasteiger partial charge in [0.2, 0.25) is 0 Å². The topological polar surface area (TPSA) is 27.1 Å². The number of hydrogen-bond donors (Lipinski definition) is 0. The number of hydrogen-bond acceptors (Lipinski definition) is 2. The molecule has 0 saturated heterocycles. The first-order valence-corrected chi connectivity index (χ1v) is 8.30. The third-order valence-electron chi connectivity index (χ3n) is 4.39. The van der Waals surface area contributed by atoms with Gasteiger partial charge in [0.25, 0.3) is 0 Å². The van der Waals surface area contributed by atoms with Gasteiger partial charge in [-0.15, -0.1) is 0 Å². The van der Waals surface area contributed by atoms with Crippen molar-refractivity contribution in [3.8, 4) is 22.8 Å². The SMILES string of the molecule is COc1cc(C)c(-n2ccnc2-c2ccccc2C(C)(C)F)c(C)c1. The van der Waals surface area contributed by atoms with E-state index in [0.29, 0.717) is 5.56 Å². The molecule has 0 N–H and O–H groups in total. The van der Waals surface area contributed by atoms with Gasteiger partial charge in [-0.3, -0.25) is 4.57 Å². The Morgan fingerprint density at radius 3 is 2.32 bits per heavy atom. The van der Waals surface area contributed by atoms with Crippen LogP contribution in [0.5, 0.6) is 5.75 Å². The molecule has 3 aromatic rings. The molecule has 0 amide bonds. The second-order valence-electron chi connectivity index (χ2n) is 6.75. The maximum absolute atomic E-state index is 14.7. The Morgan fingerprint density at radius 1 is 1.08 bits per heavy atom. The zero-order valence-electron chi connectivity index (χ0n) is 15.3. The predicted molar refractivity (Wildman–Crippen MR) is 99.2 cm³/mol. The summed E-state index contributed by atoms with van der Waals surface area (Å²) < 4.78 is 22.1. The van der Waals surface area contributed by atoms with E-state index in [4.69, 9.17) is 4.74 Å². The zero-order chi connectivity index (χ0) is 18.2. The third kappa shape index (κ3) is 3.16. The normalized spacial score (nSPS) is 11.6. The number of methoxy groups -OCH3 is 1. The van der Waals surface area contributed by atoms with Crippen LogP contribution in [0.1, 0.15) is 30.5 Å². The lowest BCUT2D eigenvalue weighted by atomic mass is 9.94. The minimum absolute atomic E-state index is 0.631. The molecule has 0 spiro atoms. The monoisotopic (exact) mass is 338 g/mol. The van der Waals surface area contributed by atoms with Crippen LogP contribution >= 0.6 is 0 Å². The summed E-state index contributed by atoms with van der Waals surface area (Å²) in [4.78, 5) is 4.53. The molecule has 0 atom stereocenters. The van der Waals surface area contributed by atoms with Crippen molar-refractivity contribution in [3.05, 3.63) is 65.5 Å². The summed E-state index contributed by atoms with van der Waals surface area (Å²) in [5.74, 6) is 1.56. The van der Waals surface area contributed by atoms with Gasteiger partial charge in [-0.05, 0) is 56.5 Å². The smallest absolute Gasteiger partial charge is 0.144 e. The van der Waals surface area contributed by atoms with E-state index in [1.165, 1.54) is 0 Å². The highest BCUT2D eigenvalue weighted by Crippen LogP contribution is 2.35. The van der Waals surface area contributed by atoms with Crippen LogP contribution < -0.4 is 4.74 Å². The third-order valence-corrected chi connectivity index (χ3v) is 4.39. The molecule has 2 aromatic carbocycles. The van der Waals surface area contributed by atoms with Gasteiger partial charge in [-0.2, -0.15) is 0 Å². The molecule has 3 nitrogen and oxygen atoms in total. The average Bonchev–Trinajstić information content (AvgIpc) is 3.02. The van der Waals surface area contributed by atoms with Gasteiger partial charge >= 0.3 is 0 Å². The molecular formula is C21H23FN2O. The van der Waals surface area contributed by atoms with E-state index < -0.39 is 5.67 Å². The first kappa shape index (κ1) is 17.2. The van der Waals surface area contributed by atoms with Crippen molar-refractivity contribution in [1.29, 1.82) is 0 Å². The zero-order valence-corrected chi connectivity index (χ0v) is 15.3. The number of aromatic nitrogens is 2. The first-order chi connectivity index (χ1) is 11.8. The van der Waals surface area contributed by atoms with Crippen LogP contribution in [0.15, 0.2) is 48.8 Å². The van der Waals surface area contributed by atoms with Crippen LogP contribution in [0.2, 0.25) is 0 Å². The van der Waals surface area contributed by atoms with E-state index in [1.807, 2.05) is 61.0 Å². The van der Waals surface area contributed by atoms with Crippen LogP contribution in [0.4, 0.5) is 4.39 Å². The van der Waals surface area contributed by atoms with E-state index in [0.717, 1.165) is 34.0 Å². The number of alkyl halides is 1. The molecule has 0 aliphatic heterocycles. The standard InChI is InChI=1S/C21H23FN2O/c1-14-12-16(25-5)13-15(2)19(14)24-11-10-23-20(24)17-8-6-7-9-18(17)21(3,4)22/h6-13H,1-5H3. The number of ether oxygens (including phenoxy) is 1. The van der Waals surface area contributed by atoms with Crippen LogP contribution in [0, 0.1) is 13.8 Å². The second kappa shape index (κ2) is 6.36. The molecule has 25 heavy (non-hydrogen) atoms. The van der Waals surface area contributed by atoms with Crippen LogP contribution in [0.3, 0.4) is 0 Å². The Balaban J connectivity index is 2.22. The highest BCUT2D eigenvalue weighted by Gasteiger charge is 2.25. The largest absolute Gasteiger partial charge is 0.497 e. The average molecular weight is 338 g/mol. The minimum Gasteiger partial charge on any atom is -0.497 e. The van der Waals surface area contributed by atoms with Crippen LogP contribution in [-0.4, -0.2) is 16.7 Å². The van der Waals surface area contributed by atoms with Crippen molar-refractivity contribution in [2.75, 3.05) is 7.11 Å². The molecule has 0 aliphatic carbocycles. The van der Waals surface area contributed by atoms with Crippen molar-refractivity contribution in [2.24, 2.45) is 0 Å².